The molecule has 2 N–H and O–H groups in total. The van der Waals surface area contributed by atoms with Gasteiger partial charge in [0.1, 0.15) is 5.75 Å². The number of fused-ring (bicyclic) bond motifs is 1. The highest BCUT2D eigenvalue weighted by Gasteiger charge is 2.11. The largest absolute Gasteiger partial charge is 0.497 e. The van der Waals surface area contributed by atoms with Crippen LogP contribution < -0.4 is 10.5 Å². The predicted molar refractivity (Wildman–Crippen MR) is 66.3 cm³/mol. The average molecular weight is 231 g/mol. The van der Waals surface area contributed by atoms with E-state index in [-0.39, 0.29) is 0 Å². The Kier molecular flexibility index (Phi) is 2.87. The number of carbonyl (C=O) groups is 1. The van der Waals surface area contributed by atoms with Crippen molar-refractivity contribution < 1.29 is 14.3 Å². The third-order valence-corrected chi connectivity index (χ3v) is 2.62. The van der Waals surface area contributed by atoms with Crippen molar-refractivity contribution in [3.63, 3.8) is 0 Å². The lowest BCUT2D eigenvalue weighted by molar-refractivity contribution is 0.0602. The molecule has 2 aromatic carbocycles. The van der Waals surface area contributed by atoms with Gasteiger partial charge in [0.25, 0.3) is 0 Å². The summed E-state index contributed by atoms with van der Waals surface area (Å²) in [5.41, 5.74) is 6.58. The van der Waals surface area contributed by atoms with Crippen LogP contribution in [0, 0.1) is 0 Å². The number of nitrogen functional groups attached to an aromatic ring is 1. The molecule has 88 valence electrons. The Labute approximate surface area is 98.9 Å². The summed E-state index contributed by atoms with van der Waals surface area (Å²) < 4.78 is 9.80. The summed E-state index contributed by atoms with van der Waals surface area (Å²) in [5.74, 6) is 0.297. The van der Waals surface area contributed by atoms with Gasteiger partial charge < -0.3 is 15.2 Å². The molecule has 0 spiro atoms. The van der Waals surface area contributed by atoms with Crippen molar-refractivity contribution in [1.29, 1.82) is 0 Å². The normalized spacial score (nSPS) is 10.2. The van der Waals surface area contributed by atoms with Crippen LogP contribution in [0.1, 0.15) is 10.4 Å². The fourth-order valence-corrected chi connectivity index (χ4v) is 1.71. The van der Waals surface area contributed by atoms with Crippen LogP contribution in [-0.2, 0) is 4.74 Å². The Hall–Kier alpha value is -2.23. The molecule has 0 aromatic heterocycles. The molecule has 0 aliphatic rings. The zero-order valence-electron chi connectivity index (χ0n) is 9.69. The molecule has 0 radical (unpaired) electrons. The summed E-state index contributed by atoms with van der Waals surface area (Å²) >= 11 is 0. The molecule has 0 atom stereocenters. The van der Waals surface area contributed by atoms with Crippen molar-refractivity contribution in [3.8, 4) is 5.75 Å². The zero-order chi connectivity index (χ0) is 12.4. The van der Waals surface area contributed by atoms with Gasteiger partial charge >= 0.3 is 5.97 Å². The van der Waals surface area contributed by atoms with E-state index in [9.17, 15) is 4.79 Å². The lowest BCUT2D eigenvalue weighted by Gasteiger charge is -2.07. The molecule has 0 unspecified atom stereocenters. The highest BCUT2D eigenvalue weighted by molar-refractivity contribution is 6.01. The molecule has 0 aliphatic heterocycles. The second-order valence-electron chi connectivity index (χ2n) is 3.64. The molecule has 2 aromatic rings. The molecule has 0 saturated heterocycles. The molecule has 4 nitrogen and oxygen atoms in total. The van der Waals surface area contributed by atoms with E-state index in [1.165, 1.54) is 7.11 Å². The lowest BCUT2D eigenvalue weighted by atomic mass is 10.0. The van der Waals surface area contributed by atoms with Crippen molar-refractivity contribution in [3.05, 3.63) is 35.9 Å². The Balaban J connectivity index is 2.64. The van der Waals surface area contributed by atoms with Crippen molar-refractivity contribution in [1.82, 2.24) is 0 Å². The molecule has 17 heavy (non-hydrogen) atoms. The SMILES string of the molecule is COC(=O)c1cc2cc(OC)ccc2cc1N. The molecule has 0 aliphatic carbocycles. The number of nitrogens with two attached hydrogens (primary N) is 1. The van der Waals surface area contributed by atoms with E-state index in [1.54, 1.807) is 19.2 Å². The van der Waals surface area contributed by atoms with Crippen molar-refractivity contribution in [2.75, 3.05) is 20.0 Å². The van der Waals surface area contributed by atoms with Gasteiger partial charge in [-0.3, -0.25) is 0 Å². The minimum absolute atomic E-state index is 0.369. The monoisotopic (exact) mass is 231 g/mol. The number of carbonyl (C=O) groups excluding carboxylic acids is 1. The lowest BCUT2D eigenvalue weighted by Crippen LogP contribution is -2.05. The maximum Gasteiger partial charge on any atom is 0.339 e. The molecule has 0 amide bonds. The molecule has 4 heteroatoms. The van der Waals surface area contributed by atoms with Gasteiger partial charge in [0.15, 0.2) is 0 Å². The highest BCUT2D eigenvalue weighted by atomic mass is 16.5. The summed E-state index contributed by atoms with van der Waals surface area (Å²) in [6.45, 7) is 0. The quantitative estimate of drug-likeness (QED) is 0.636. The van der Waals surface area contributed by atoms with E-state index in [1.807, 2.05) is 18.2 Å². The van der Waals surface area contributed by atoms with Gasteiger partial charge in [-0.25, -0.2) is 4.79 Å². The average Bonchev–Trinajstić information content (AvgIpc) is 2.36. The van der Waals surface area contributed by atoms with Crippen molar-refractivity contribution >= 4 is 22.4 Å². The molecule has 2 rings (SSSR count). The van der Waals surface area contributed by atoms with Gasteiger partial charge in [0.2, 0.25) is 0 Å². The van der Waals surface area contributed by atoms with Crippen LogP contribution in [0.5, 0.6) is 5.75 Å². The predicted octanol–water partition coefficient (Wildman–Crippen LogP) is 2.22. The standard InChI is InChI=1S/C13H13NO3/c1-16-10-4-3-8-7-12(14)11(13(15)17-2)6-9(8)5-10/h3-7H,14H2,1-2H3. The summed E-state index contributed by atoms with van der Waals surface area (Å²) in [6.07, 6.45) is 0. The Morgan fingerprint density at radius 2 is 1.88 bits per heavy atom. The van der Waals surface area contributed by atoms with Gasteiger partial charge in [-0.05, 0) is 35.0 Å². The second kappa shape index (κ2) is 4.33. The van der Waals surface area contributed by atoms with Crippen LogP contribution in [0.25, 0.3) is 10.8 Å². The maximum absolute atomic E-state index is 11.5. The van der Waals surface area contributed by atoms with Crippen molar-refractivity contribution in [2.45, 2.75) is 0 Å². The van der Waals surface area contributed by atoms with Crippen molar-refractivity contribution in [2.24, 2.45) is 0 Å². The van der Waals surface area contributed by atoms with Crippen LogP contribution >= 0.6 is 0 Å². The minimum Gasteiger partial charge on any atom is -0.497 e. The zero-order valence-corrected chi connectivity index (χ0v) is 9.69. The third kappa shape index (κ3) is 2.01. The Bertz CT molecular complexity index is 578. The summed E-state index contributed by atoms with van der Waals surface area (Å²) in [7, 11) is 2.93. The number of benzene rings is 2. The maximum atomic E-state index is 11.5. The van der Waals surface area contributed by atoms with Gasteiger partial charge in [0, 0.05) is 5.69 Å². The molecule has 0 saturated carbocycles. The number of ether oxygens (including phenoxy) is 2. The number of rotatable bonds is 2. The topological polar surface area (TPSA) is 61.5 Å². The van der Waals surface area contributed by atoms with Gasteiger partial charge in [-0.1, -0.05) is 6.07 Å². The van der Waals surface area contributed by atoms with E-state index in [0.29, 0.717) is 11.3 Å². The van der Waals surface area contributed by atoms with Gasteiger partial charge in [-0.15, -0.1) is 0 Å². The first-order valence-electron chi connectivity index (χ1n) is 5.11. The molecule has 0 heterocycles. The highest BCUT2D eigenvalue weighted by Crippen LogP contribution is 2.26. The van der Waals surface area contributed by atoms with Crippen LogP contribution in [-0.4, -0.2) is 20.2 Å². The summed E-state index contributed by atoms with van der Waals surface area (Å²) in [4.78, 5) is 11.5. The van der Waals surface area contributed by atoms with Crippen LogP contribution in [0.3, 0.4) is 0 Å². The Morgan fingerprint density at radius 3 is 2.53 bits per heavy atom. The summed E-state index contributed by atoms with van der Waals surface area (Å²) in [6, 6.07) is 9.05. The Morgan fingerprint density at radius 1 is 1.12 bits per heavy atom. The molecule has 0 fully saturated rings. The minimum atomic E-state index is -0.438. The van der Waals surface area contributed by atoms with Crippen LogP contribution in [0.15, 0.2) is 30.3 Å². The number of anilines is 1. The first kappa shape index (κ1) is 11.3. The van der Waals surface area contributed by atoms with E-state index in [0.717, 1.165) is 16.5 Å². The number of esters is 1. The fraction of sp³-hybridized carbons (Fsp3) is 0.154. The number of methoxy groups -OCH3 is 2. The summed E-state index contributed by atoms with van der Waals surface area (Å²) in [5, 5.41) is 1.84. The second-order valence-corrected chi connectivity index (χ2v) is 3.64. The van der Waals surface area contributed by atoms with Crippen LogP contribution in [0.2, 0.25) is 0 Å². The number of hydrogen-bond donors (Lipinski definition) is 1. The molecule has 0 bridgehead atoms. The number of hydrogen-bond acceptors (Lipinski definition) is 4. The molecular formula is C13H13NO3. The first-order valence-corrected chi connectivity index (χ1v) is 5.11. The smallest absolute Gasteiger partial charge is 0.339 e. The van der Waals surface area contributed by atoms with Crippen LogP contribution in [0.4, 0.5) is 5.69 Å². The van der Waals surface area contributed by atoms with Gasteiger partial charge in [0.05, 0.1) is 19.8 Å². The first-order chi connectivity index (χ1) is 8.15. The fourth-order valence-electron chi connectivity index (χ4n) is 1.71. The molecular weight excluding hydrogens is 218 g/mol. The van der Waals surface area contributed by atoms with E-state index >= 15 is 0 Å². The van der Waals surface area contributed by atoms with E-state index in [2.05, 4.69) is 4.74 Å². The van der Waals surface area contributed by atoms with Gasteiger partial charge in [-0.2, -0.15) is 0 Å². The van der Waals surface area contributed by atoms with E-state index < -0.39 is 5.97 Å². The van der Waals surface area contributed by atoms with E-state index in [4.69, 9.17) is 10.5 Å². The third-order valence-electron chi connectivity index (χ3n) is 2.62.